The second-order valence-electron chi connectivity index (χ2n) is 6.72. The number of carbonyl (C=O) groups is 1. The molecule has 4 heteroatoms. The summed E-state index contributed by atoms with van der Waals surface area (Å²) in [5.74, 6) is -0.709. The van der Waals surface area contributed by atoms with Gasteiger partial charge in [0.05, 0.1) is 13.2 Å². The number of nitrogens with zero attached hydrogens (tertiary/aromatic N) is 1. The van der Waals surface area contributed by atoms with E-state index in [-0.39, 0.29) is 11.5 Å². The number of ether oxygens (including phenoxy) is 1. The summed E-state index contributed by atoms with van der Waals surface area (Å²) in [7, 11) is 0. The first kappa shape index (κ1) is 21.4. The molecule has 0 fully saturated rings. The van der Waals surface area contributed by atoms with Gasteiger partial charge in [-0.2, -0.15) is 0 Å². The Morgan fingerprint density at radius 2 is 1.71 bits per heavy atom. The molecule has 0 aliphatic heterocycles. The number of hydrogen-bond donors (Lipinski definition) is 0. The number of carbonyl (C=O) groups excluding carboxylic acids is 1. The van der Waals surface area contributed by atoms with Gasteiger partial charge in [-0.05, 0) is 35.6 Å². The van der Waals surface area contributed by atoms with Crippen molar-refractivity contribution in [2.45, 2.75) is 39.5 Å². The summed E-state index contributed by atoms with van der Waals surface area (Å²) in [5.41, 5.74) is 1.70. The topological polar surface area (TPSA) is 30.7 Å². The van der Waals surface area contributed by atoms with Gasteiger partial charge < -0.3 is 4.74 Å². The van der Waals surface area contributed by atoms with Crippen molar-refractivity contribution in [3.05, 3.63) is 88.7 Å². The monoisotopic (exact) mass is 379 g/mol. The zero-order valence-corrected chi connectivity index (χ0v) is 16.5. The molecule has 2 aromatic rings. The van der Waals surface area contributed by atoms with Crippen LogP contribution in [-0.2, 0) is 9.53 Å². The number of esters is 1. The van der Waals surface area contributed by atoms with Crippen LogP contribution in [0, 0.1) is 18.3 Å². The molecule has 1 atom stereocenters. The molecule has 0 radical (unpaired) electrons. The van der Waals surface area contributed by atoms with E-state index in [9.17, 15) is 9.18 Å². The van der Waals surface area contributed by atoms with Crippen LogP contribution in [0.4, 0.5) is 4.39 Å². The number of benzene rings is 2. The van der Waals surface area contributed by atoms with Crippen LogP contribution in [0.3, 0.4) is 0 Å². The molecule has 1 unspecified atom stereocenters. The number of rotatable bonds is 9. The van der Waals surface area contributed by atoms with Crippen molar-refractivity contribution in [1.29, 1.82) is 0 Å². The van der Waals surface area contributed by atoms with Crippen LogP contribution in [-0.4, -0.2) is 12.6 Å². The van der Waals surface area contributed by atoms with E-state index < -0.39 is 5.97 Å². The van der Waals surface area contributed by atoms with Crippen LogP contribution in [0.15, 0.2) is 60.3 Å². The molecule has 3 nitrogen and oxygen atoms in total. The van der Waals surface area contributed by atoms with Crippen LogP contribution in [0.5, 0.6) is 0 Å². The maximum atomic E-state index is 13.4. The molecule has 0 aromatic heterocycles. The maximum absolute atomic E-state index is 13.4. The first-order chi connectivity index (χ1) is 13.6. The SMILES string of the molecule is [C-]#[N+]/C(C(=O)OCC(CC)CCCC)=C(\c1ccccc1)c1ccc(F)cc1. The van der Waals surface area contributed by atoms with E-state index in [1.54, 1.807) is 12.1 Å². The molecule has 0 aliphatic rings. The van der Waals surface area contributed by atoms with Gasteiger partial charge in [-0.25, -0.2) is 9.24 Å². The molecule has 0 amide bonds. The lowest BCUT2D eigenvalue weighted by Gasteiger charge is -2.16. The highest BCUT2D eigenvalue weighted by atomic mass is 19.1. The molecule has 0 heterocycles. The minimum absolute atomic E-state index is 0.0804. The zero-order chi connectivity index (χ0) is 20.4. The van der Waals surface area contributed by atoms with Crippen LogP contribution in [0.2, 0.25) is 0 Å². The van der Waals surface area contributed by atoms with Gasteiger partial charge in [-0.3, -0.25) is 4.79 Å². The molecule has 2 rings (SSSR count). The van der Waals surface area contributed by atoms with Gasteiger partial charge in [-0.1, -0.05) is 75.6 Å². The number of unbranched alkanes of at least 4 members (excludes halogenated alkanes) is 1. The molecular weight excluding hydrogens is 353 g/mol. The third-order valence-corrected chi connectivity index (χ3v) is 4.73. The molecular formula is C24H26FNO2. The Balaban J connectivity index is 2.37. The Labute approximate surface area is 166 Å². The predicted molar refractivity (Wildman–Crippen MR) is 110 cm³/mol. The molecule has 0 N–H and O–H groups in total. The number of hydrogen-bond acceptors (Lipinski definition) is 2. The van der Waals surface area contributed by atoms with Crippen molar-refractivity contribution < 1.29 is 13.9 Å². The van der Waals surface area contributed by atoms with E-state index in [1.807, 2.05) is 30.3 Å². The van der Waals surface area contributed by atoms with Crippen molar-refractivity contribution >= 4 is 11.5 Å². The minimum Gasteiger partial charge on any atom is -0.470 e. The Kier molecular flexibility index (Phi) is 8.42. The molecule has 146 valence electrons. The summed E-state index contributed by atoms with van der Waals surface area (Å²) in [5, 5.41) is 0. The highest BCUT2D eigenvalue weighted by Crippen LogP contribution is 2.29. The average Bonchev–Trinajstić information content (AvgIpc) is 2.73. The molecule has 0 bridgehead atoms. The second-order valence-corrected chi connectivity index (χ2v) is 6.72. The van der Waals surface area contributed by atoms with Crippen LogP contribution in [0.25, 0.3) is 10.4 Å². The molecule has 0 saturated carbocycles. The normalized spacial score (nSPS) is 12.6. The van der Waals surface area contributed by atoms with E-state index in [0.29, 0.717) is 23.7 Å². The minimum atomic E-state index is -0.631. The fourth-order valence-corrected chi connectivity index (χ4v) is 3.03. The summed E-state index contributed by atoms with van der Waals surface area (Å²) in [6.45, 7) is 12.1. The van der Waals surface area contributed by atoms with Crippen LogP contribution >= 0.6 is 0 Å². The van der Waals surface area contributed by atoms with Crippen LogP contribution in [0.1, 0.15) is 50.7 Å². The summed E-state index contributed by atoms with van der Waals surface area (Å²) in [4.78, 5) is 16.2. The van der Waals surface area contributed by atoms with Gasteiger partial charge in [0.15, 0.2) is 0 Å². The van der Waals surface area contributed by atoms with E-state index in [4.69, 9.17) is 11.3 Å². The predicted octanol–water partition coefficient (Wildman–Crippen LogP) is 6.26. The molecule has 28 heavy (non-hydrogen) atoms. The van der Waals surface area contributed by atoms with Crippen molar-refractivity contribution in [3.8, 4) is 0 Å². The van der Waals surface area contributed by atoms with Gasteiger partial charge in [0, 0.05) is 5.57 Å². The van der Waals surface area contributed by atoms with Gasteiger partial charge >= 0.3 is 5.97 Å². The summed E-state index contributed by atoms with van der Waals surface area (Å²) < 4.78 is 18.9. The van der Waals surface area contributed by atoms with E-state index in [0.717, 1.165) is 31.2 Å². The molecule has 2 aromatic carbocycles. The second kappa shape index (κ2) is 11.0. The van der Waals surface area contributed by atoms with Crippen LogP contribution < -0.4 is 0 Å². The first-order valence-corrected chi connectivity index (χ1v) is 9.70. The lowest BCUT2D eigenvalue weighted by atomic mass is 9.96. The Hall–Kier alpha value is -2.93. The molecule has 0 spiro atoms. The third-order valence-electron chi connectivity index (χ3n) is 4.73. The molecule has 0 aliphatic carbocycles. The summed E-state index contributed by atoms with van der Waals surface area (Å²) in [6, 6.07) is 15.0. The van der Waals surface area contributed by atoms with Gasteiger partial charge in [0.2, 0.25) is 0 Å². The summed E-state index contributed by atoms with van der Waals surface area (Å²) >= 11 is 0. The van der Waals surface area contributed by atoms with Crippen molar-refractivity contribution in [3.63, 3.8) is 0 Å². The van der Waals surface area contributed by atoms with Crippen molar-refractivity contribution in [2.24, 2.45) is 5.92 Å². The average molecular weight is 379 g/mol. The number of halogens is 1. The van der Waals surface area contributed by atoms with Crippen molar-refractivity contribution in [2.75, 3.05) is 6.61 Å². The third kappa shape index (κ3) is 5.79. The first-order valence-electron chi connectivity index (χ1n) is 9.70. The van der Waals surface area contributed by atoms with Crippen molar-refractivity contribution in [1.82, 2.24) is 0 Å². The quantitative estimate of drug-likeness (QED) is 0.292. The smallest absolute Gasteiger partial charge is 0.336 e. The standard InChI is InChI=1S/C24H26FNO2/c1-4-6-10-18(5-2)17-28-24(27)23(26-3)22(19-11-8-7-9-12-19)20-13-15-21(25)16-14-20/h7-9,11-16,18H,4-6,10,17H2,1-2H3/b23-22+. The van der Waals surface area contributed by atoms with E-state index >= 15 is 0 Å². The zero-order valence-electron chi connectivity index (χ0n) is 16.5. The highest BCUT2D eigenvalue weighted by molar-refractivity contribution is 6.03. The van der Waals surface area contributed by atoms with Gasteiger partial charge in [0.25, 0.3) is 5.70 Å². The van der Waals surface area contributed by atoms with Gasteiger partial charge in [0.1, 0.15) is 5.82 Å². The Bertz CT molecular complexity index is 835. The van der Waals surface area contributed by atoms with Gasteiger partial charge in [-0.15, -0.1) is 0 Å². The lowest BCUT2D eigenvalue weighted by Crippen LogP contribution is -2.15. The largest absolute Gasteiger partial charge is 0.470 e. The fourth-order valence-electron chi connectivity index (χ4n) is 3.03. The molecule has 0 saturated heterocycles. The Morgan fingerprint density at radius 3 is 2.29 bits per heavy atom. The fraction of sp³-hybridized carbons (Fsp3) is 0.333. The van der Waals surface area contributed by atoms with E-state index in [1.165, 1.54) is 12.1 Å². The Morgan fingerprint density at radius 1 is 1.07 bits per heavy atom. The van der Waals surface area contributed by atoms with E-state index in [2.05, 4.69) is 18.7 Å². The lowest BCUT2D eigenvalue weighted by molar-refractivity contribution is -0.140. The highest BCUT2D eigenvalue weighted by Gasteiger charge is 2.21. The summed E-state index contributed by atoms with van der Waals surface area (Å²) in [6.07, 6.45) is 4.11. The maximum Gasteiger partial charge on any atom is 0.336 e.